The van der Waals surface area contributed by atoms with Crippen molar-refractivity contribution in [1.29, 1.82) is 0 Å². The van der Waals surface area contributed by atoms with Gasteiger partial charge in [0.2, 0.25) is 0 Å². The molecule has 3 nitrogen and oxygen atoms in total. The van der Waals surface area contributed by atoms with Gasteiger partial charge in [-0.15, -0.1) is 0 Å². The van der Waals surface area contributed by atoms with Crippen molar-refractivity contribution in [3.8, 4) is 0 Å². The molecule has 1 unspecified atom stereocenters. The molecule has 0 saturated heterocycles. The van der Waals surface area contributed by atoms with Gasteiger partial charge in [0.05, 0.1) is 0 Å². The molecule has 0 aliphatic rings. The molecule has 0 aromatic carbocycles. The summed E-state index contributed by atoms with van der Waals surface area (Å²) in [6.07, 6.45) is 19.4. The molecule has 27 heavy (non-hydrogen) atoms. The summed E-state index contributed by atoms with van der Waals surface area (Å²) in [6, 6.07) is 0.153. The van der Waals surface area contributed by atoms with Crippen molar-refractivity contribution < 1.29 is 28.8 Å². The number of hydrogen-bond donors (Lipinski definition) is 0. The Morgan fingerprint density at radius 2 is 1.07 bits per heavy atom. The first-order valence-electron chi connectivity index (χ1n) is 11.6. The average molecular weight is 376 g/mol. The van der Waals surface area contributed by atoms with Gasteiger partial charge >= 0.3 is 18.9 Å². The third-order valence-electron chi connectivity index (χ3n) is 5.49. The maximum Gasteiger partial charge on any atom is 1.00 e. The van der Waals surface area contributed by atoms with Crippen molar-refractivity contribution >= 4 is 5.97 Å². The van der Waals surface area contributed by atoms with E-state index in [1.807, 2.05) is 0 Å². The van der Waals surface area contributed by atoms with E-state index in [0.717, 1.165) is 19.5 Å². The molecule has 0 radical (unpaired) electrons. The van der Waals surface area contributed by atoms with Crippen LogP contribution in [0.4, 0.5) is 0 Å². The van der Waals surface area contributed by atoms with Crippen LogP contribution in [0.3, 0.4) is 0 Å². The zero-order chi connectivity index (χ0) is 19.5. The molecule has 0 saturated carbocycles. The van der Waals surface area contributed by atoms with E-state index >= 15 is 0 Å². The predicted octanol–water partition coefficient (Wildman–Crippen LogP) is 2.71. The van der Waals surface area contributed by atoms with Crippen molar-refractivity contribution in [2.24, 2.45) is 0 Å². The monoisotopic (exact) mass is 375 g/mol. The van der Waals surface area contributed by atoms with Crippen molar-refractivity contribution in [2.75, 3.05) is 13.1 Å². The van der Waals surface area contributed by atoms with E-state index < -0.39 is 5.97 Å². The van der Waals surface area contributed by atoms with Gasteiger partial charge in [0.15, 0.2) is 0 Å². The van der Waals surface area contributed by atoms with Crippen LogP contribution in [0.25, 0.3) is 0 Å². The van der Waals surface area contributed by atoms with Crippen LogP contribution in [-0.2, 0) is 4.79 Å². The van der Waals surface area contributed by atoms with Gasteiger partial charge in [-0.25, -0.2) is 0 Å². The number of carboxylic acid groups (broad SMARTS) is 1. The van der Waals surface area contributed by atoms with Crippen LogP contribution in [0.15, 0.2) is 0 Å². The number of carbonyl (C=O) groups excluding carboxylic acids is 1. The minimum atomic E-state index is -0.902. The summed E-state index contributed by atoms with van der Waals surface area (Å²) >= 11 is 0. The molecular formula is C23H46LiNO2. The van der Waals surface area contributed by atoms with Crippen molar-refractivity contribution in [1.82, 2.24) is 4.90 Å². The number of aliphatic carboxylic acids is 1. The van der Waals surface area contributed by atoms with Crippen LogP contribution in [-0.4, -0.2) is 30.0 Å². The van der Waals surface area contributed by atoms with Gasteiger partial charge in [0, 0.05) is 18.4 Å². The fraction of sp³-hybridized carbons (Fsp3) is 0.957. The summed E-state index contributed by atoms with van der Waals surface area (Å²) in [4.78, 5) is 13.5. The Morgan fingerprint density at radius 1 is 0.704 bits per heavy atom. The zero-order valence-electron chi connectivity index (χ0n) is 19.1. The van der Waals surface area contributed by atoms with E-state index in [9.17, 15) is 9.90 Å². The summed E-state index contributed by atoms with van der Waals surface area (Å²) in [5, 5.41) is 11.1. The molecule has 4 heteroatoms. The minimum absolute atomic E-state index is 0. The Kier molecular flexibility index (Phi) is 24.2. The van der Waals surface area contributed by atoms with Crippen LogP contribution < -0.4 is 24.0 Å². The van der Waals surface area contributed by atoms with Crippen LogP contribution in [0.2, 0.25) is 0 Å². The molecule has 1 atom stereocenters. The number of carboxylic acids is 1. The quantitative estimate of drug-likeness (QED) is 0.243. The van der Waals surface area contributed by atoms with Crippen LogP contribution >= 0.6 is 0 Å². The molecule has 0 spiro atoms. The molecular weight excluding hydrogens is 329 g/mol. The fourth-order valence-electron chi connectivity index (χ4n) is 3.74. The van der Waals surface area contributed by atoms with Crippen LogP contribution in [0, 0.1) is 0 Å². The second kappa shape index (κ2) is 22.3. The summed E-state index contributed by atoms with van der Waals surface area (Å²) in [6.45, 7) is 8.72. The van der Waals surface area contributed by atoms with Gasteiger partial charge in [-0.1, -0.05) is 97.8 Å². The maximum atomic E-state index is 11.1. The second-order valence-corrected chi connectivity index (χ2v) is 7.92. The Balaban J connectivity index is 0. The molecule has 156 valence electrons. The average Bonchev–Trinajstić information content (AvgIpc) is 2.63. The third kappa shape index (κ3) is 19.1. The van der Waals surface area contributed by atoms with Crippen molar-refractivity contribution in [2.45, 2.75) is 130 Å². The molecule has 0 aromatic heterocycles. The summed E-state index contributed by atoms with van der Waals surface area (Å²) in [5.74, 6) is -0.902. The third-order valence-corrected chi connectivity index (χ3v) is 5.49. The van der Waals surface area contributed by atoms with E-state index in [4.69, 9.17) is 0 Å². The topological polar surface area (TPSA) is 43.4 Å². The largest absolute Gasteiger partial charge is 1.00 e. The van der Waals surface area contributed by atoms with E-state index in [0.29, 0.717) is 0 Å². The SMILES string of the molecule is CCCCCCCCCN(CCCCCCCCC)C(CC)CC(=O)[O-].[Li+]. The van der Waals surface area contributed by atoms with Crippen LogP contribution in [0.1, 0.15) is 124 Å². The normalized spacial score (nSPS) is 12.1. The molecule has 0 fully saturated rings. The Labute approximate surface area is 182 Å². The number of rotatable bonds is 20. The number of carbonyl (C=O) groups is 1. The van der Waals surface area contributed by atoms with Crippen molar-refractivity contribution in [3.63, 3.8) is 0 Å². The van der Waals surface area contributed by atoms with E-state index in [1.54, 1.807) is 0 Å². The first kappa shape index (κ1) is 29.2. The molecule has 0 amide bonds. The Morgan fingerprint density at radius 3 is 1.41 bits per heavy atom. The van der Waals surface area contributed by atoms with Gasteiger partial charge in [-0.3, -0.25) is 0 Å². The van der Waals surface area contributed by atoms with Gasteiger partial charge in [-0.05, 0) is 32.4 Å². The number of unbranched alkanes of at least 4 members (excludes halogenated alkanes) is 12. The minimum Gasteiger partial charge on any atom is -0.550 e. The van der Waals surface area contributed by atoms with E-state index in [1.165, 1.54) is 89.9 Å². The molecule has 0 aliphatic heterocycles. The molecule has 0 aliphatic carbocycles. The molecule has 0 rings (SSSR count). The van der Waals surface area contributed by atoms with Gasteiger partial charge < -0.3 is 14.8 Å². The molecule has 0 heterocycles. The van der Waals surface area contributed by atoms with Crippen molar-refractivity contribution in [3.05, 3.63) is 0 Å². The fourth-order valence-corrected chi connectivity index (χ4v) is 3.74. The molecule has 0 bridgehead atoms. The van der Waals surface area contributed by atoms with Crippen LogP contribution in [0.5, 0.6) is 0 Å². The molecule has 0 aromatic rings. The molecule has 0 N–H and O–H groups in total. The maximum absolute atomic E-state index is 11.1. The smallest absolute Gasteiger partial charge is 0.550 e. The van der Waals surface area contributed by atoms with Gasteiger partial charge in [0.1, 0.15) is 0 Å². The summed E-state index contributed by atoms with van der Waals surface area (Å²) in [7, 11) is 0. The van der Waals surface area contributed by atoms with Gasteiger partial charge in [0.25, 0.3) is 0 Å². The first-order valence-corrected chi connectivity index (χ1v) is 11.6. The number of nitrogens with zero attached hydrogens (tertiary/aromatic N) is 1. The van der Waals surface area contributed by atoms with Gasteiger partial charge in [-0.2, -0.15) is 0 Å². The van der Waals surface area contributed by atoms with E-state index in [2.05, 4.69) is 25.7 Å². The number of hydrogen-bond acceptors (Lipinski definition) is 3. The Hall–Kier alpha value is 0.0274. The summed E-state index contributed by atoms with van der Waals surface area (Å²) < 4.78 is 0. The zero-order valence-corrected chi connectivity index (χ0v) is 19.1. The second-order valence-electron chi connectivity index (χ2n) is 7.92. The van der Waals surface area contributed by atoms with E-state index in [-0.39, 0.29) is 31.3 Å². The first-order chi connectivity index (χ1) is 12.7. The predicted molar refractivity (Wildman–Crippen MR) is 111 cm³/mol. The summed E-state index contributed by atoms with van der Waals surface area (Å²) in [5.41, 5.74) is 0. The Bertz CT molecular complexity index is 295. The standard InChI is InChI=1S/C23H47NO2.Li/c1-4-7-9-11-13-15-17-19-24(22(6-3)21-23(25)26)20-18-16-14-12-10-8-5-2;/h22H,4-21H2,1-3H3,(H,25,26);/q;+1/p-1.